The largest absolute Gasteiger partial charge is 0.296 e. The van der Waals surface area contributed by atoms with Gasteiger partial charge in [0.25, 0.3) is 15.9 Å². The van der Waals surface area contributed by atoms with E-state index in [4.69, 9.17) is 11.6 Å². The molecule has 34 heavy (non-hydrogen) atoms. The van der Waals surface area contributed by atoms with Crippen molar-refractivity contribution in [2.45, 2.75) is 24.2 Å². The van der Waals surface area contributed by atoms with Crippen LogP contribution in [0.1, 0.15) is 38.7 Å². The predicted octanol–water partition coefficient (Wildman–Crippen LogP) is 5.13. The first-order valence-corrected chi connectivity index (χ1v) is 13.0. The second kappa shape index (κ2) is 10.0. The molecule has 0 bridgehead atoms. The number of carbonyl (C=O) groups excluding carboxylic acids is 1. The summed E-state index contributed by atoms with van der Waals surface area (Å²) in [5.74, 6) is -0.442. The Morgan fingerprint density at radius 2 is 1.68 bits per heavy atom. The monoisotopic (exact) mass is 512 g/mol. The quantitative estimate of drug-likeness (QED) is 0.334. The Kier molecular flexibility index (Phi) is 7.08. The van der Waals surface area contributed by atoms with Crippen LogP contribution in [-0.2, 0) is 10.0 Å². The minimum atomic E-state index is -4.04. The highest BCUT2D eigenvalue weighted by Gasteiger charge is 2.27. The second-order valence-corrected chi connectivity index (χ2v) is 11.0. The molecule has 174 valence electrons. The van der Waals surface area contributed by atoms with E-state index in [0.717, 1.165) is 33.6 Å². The Bertz CT molecular complexity index is 1420. The van der Waals surface area contributed by atoms with Crippen molar-refractivity contribution in [3.63, 3.8) is 0 Å². The zero-order valence-electron chi connectivity index (χ0n) is 18.3. The summed E-state index contributed by atoms with van der Waals surface area (Å²) in [6.45, 7) is 3.93. The van der Waals surface area contributed by atoms with Crippen LogP contribution in [0, 0.1) is 13.8 Å². The van der Waals surface area contributed by atoms with Gasteiger partial charge in [-0.2, -0.15) is 4.72 Å². The molecule has 0 aliphatic rings. The summed E-state index contributed by atoms with van der Waals surface area (Å²) < 4.78 is 29.0. The van der Waals surface area contributed by atoms with Gasteiger partial charge in [-0.15, -0.1) is 10.2 Å². The van der Waals surface area contributed by atoms with Crippen molar-refractivity contribution < 1.29 is 13.2 Å². The molecule has 1 atom stereocenters. The lowest BCUT2D eigenvalue weighted by atomic mass is 9.95. The van der Waals surface area contributed by atoms with Gasteiger partial charge in [-0.25, -0.2) is 8.42 Å². The Morgan fingerprint density at radius 1 is 0.971 bits per heavy atom. The van der Waals surface area contributed by atoms with Gasteiger partial charge in [0.2, 0.25) is 9.47 Å². The summed E-state index contributed by atoms with van der Waals surface area (Å²) in [6, 6.07) is 20.9. The fourth-order valence-corrected chi connectivity index (χ4v) is 5.69. The molecule has 2 N–H and O–H groups in total. The number of halogens is 1. The first-order chi connectivity index (χ1) is 16.2. The fourth-order valence-electron chi connectivity index (χ4n) is 3.45. The minimum absolute atomic E-state index is 0.0723. The van der Waals surface area contributed by atoms with Crippen LogP contribution in [0.15, 0.2) is 77.1 Å². The maximum atomic E-state index is 13.2. The van der Waals surface area contributed by atoms with Gasteiger partial charge in [0.15, 0.2) is 0 Å². The third-order valence-electron chi connectivity index (χ3n) is 5.11. The lowest BCUT2D eigenvalue weighted by Crippen LogP contribution is -2.30. The van der Waals surface area contributed by atoms with E-state index in [1.165, 1.54) is 0 Å². The van der Waals surface area contributed by atoms with Gasteiger partial charge in [0, 0.05) is 10.6 Å². The van der Waals surface area contributed by atoms with Gasteiger partial charge in [-0.1, -0.05) is 77.0 Å². The molecule has 0 saturated carbocycles. The number of benzene rings is 3. The van der Waals surface area contributed by atoms with Crippen molar-refractivity contribution in [2.75, 3.05) is 5.32 Å². The molecular formula is C24H21ClN4O3S2. The van der Waals surface area contributed by atoms with Crippen LogP contribution in [0.25, 0.3) is 0 Å². The number of rotatable bonds is 7. The first-order valence-electron chi connectivity index (χ1n) is 10.3. The van der Waals surface area contributed by atoms with E-state index < -0.39 is 22.0 Å². The molecule has 0 saturated heterocycles. The molecule has 4 rings (SSSR count). The molecule has 10 heteroatoms. The molecule has 4 aromatic rings. The van der Waals surface area contributed by atoms with E-state index in [-0.39, 0.29) is 9.47 Å². The number of aromatic nitrogens is 2. The summed E-state index contributed by atoms with van der Waals surface area (Å²) in [7, 11) is -4.04. The van der Waals surface area contributed by atoms with Crippen LogP contribution in [0.3, 0.4) is 0 Å². The number of aryl methyl sites for hydroxylation is 2. The third-order valence-corrected chi connectivity index (χ3v) is 7.99. The van der Waals surface area contributed by atoms with Crippen LogP contribution in [-0.4, -0.2) is 24.5 Å². The number of nitrogens with one attached hydrogen (secondary N) is 2. The Hall–Kier alpha value is -3.11. The van der Waals surface area contributed by atoms with E-state index in [0.29, 0.717) is 10.6 Å². The lowest BCUT2D eigenvalue weighted by Gasteiger charge is -2.21. The molecule has 3 aromatic carbocycles. The highest BCUT2D eigenvalue weighted by atomic mass is 35.5. The van der Waals surface area contributed by atoms with Gasteiger partial charge >= 0.3 is 0 Å². The normalized spacial score (nSPS) is 12.3. The smallest absolute Gasteiger partial charge is 0.270 e. The van der Waals surface area contributed by atoms with E-state index in [1.54, 1.807) is 24.3 Å². The number of nitrogens with zero attached hydrogens (tertiary/aromatic N) is 2. The Morgan fingerprint density at radius 3 is 2.35 bits per heavy atom. The van der Waals surface area contributed by atoms with Gasteiger partial charge in [0.1, 0.15) is 0 Å². The summed E-state index contributed by atoms with van der Waals surface area (Å²) in [5.41, 5.74) is 4.03. The third kappa shape index (κ3) is 5.51. The highest BCUT2D eigenvalue weighted by molar-refractivity contribution is 7.91. The van der Waals surface area contributed by atoms with Crippen molar-refractivity contribution in [1.82, 2.24) is 14.9 Å². The summed E-state index contributed by atoms with van der Waals surface area (Å²) in [6.07, 6.45) is 0. The Balaban J connectivity index is 1.59. The SMILES string of the molecule is Cc1ccc([C@@H](NS(=O)(=O)c2nnc(NC(=O)c3ccc(Cl)cc3)s2)c2ccccc2)c(C)c1. The number of sulfonamides is 1. The summed E-state index contributed by atoms with van der Waals surface area (Å²) in [5, 5.41) is 10.8. The maximum absolute atomic E-state index is 13.2. The highest BCUT2D eigenvalue weighted by Crippen LogP contribution is 2.29. The number of amides is 1. The molecule has 0 spiro atoms. The van der Waals surface area contributed by atoms with E-state index in [1.807, 2.05) is 62.4 Å². The van der Waals surface area contributed by atoms with E-state index in [2.05, 4.69) is 20.2 Å². The minimum Gasteiger partial charge on any atom is -0.296 e. The average Bonchev–Trinajstić information content (AvgIpc) is 3.28. The summed E-state index contributed by atoms with van der Waals surface area (Å²) in [4.78, 5) is 12.4. The second-order valence-electron chi connectivity index (χ2n) is 7.66. The lowest BCUT2D eigenvalue weighted by molar-refractivity contribution is 0.102. The van der Waals surface area contributed by atoms with E-state index in [9.17, 15) is 13.2 Å². The molecular weight excluding hydrogens is 492 g/mol. The molecule has 0 radical (unpaired) electrons. The first kappa shape index (κ1) is 24.0. The molecule has 0 aliphatic carbocycles. The molecule has 1 heterocycles. The molecule has 1 amide bonds. The van der Waals surface area contributed by atoms with Gasteiger partial charge < -0.3 is 0 Å². The topological polar surface area (TPSA) is 101 Å². The molecule has 0 unspecified atom stereocenters. The van der Waals surface area contributed by atoms with Crippen molar-refractivity contribution in [3.8, 4) is 0 Å². The number of hydrogen-bond donors (Lipinski definition) is 2. The zero-order valence-corrected chi connectivity index (χ0v) is 20.7. The number of anilines is 1. The van der Waals surface area contributed by atoms with Crippen LogP contribution < -0.4 is 10.0 Å². The van der Waals surface area contributed by atoms with Crippen LogP contribution in [0.5, 0.6) is 0 Å². The predicted molar refractivity (Wildman–Crippen MR) is 134 cm³/mol. The van der Waals surface area contributed by atoms with Gasteiger partial charge in [-0.3, -0.25) is 10.1 Å². The van der Waals surface area contributed by atoms with Crippen molar-refractivity contribution >= 4 is 44.0 Å². The molecule has 0 aliphatic heterocycles. The zero-order chi connectivity index (χ0) is 24.3. The van der Waals surface area contributed by atoms with Crippen LogP contribution in [0.4, 0.5) is 5.13 Å². The van der Waals surface area contributed by atoms with Crippen molar-refractivity contribution in [2.24, 2.45) is 0 Å². The maximum Gasteiger partial charge on any atom is 0.270 e. The van der Waals surface area contributed by atoms with E-state index >= 15 is 0 Å². The molecule has 0 fully saturated rings. The molecule has 7 nitrogen and oxygen atoms in total. The Labute approximate surface area is 206 Å². The van der Waals surface area contributed by atoms with Gasteiger partial charge in [0.05, 0.1) is 6.04 Å². The van der Waals surface area contributed by atoms with Crippen LogP contribution in [0.2, 0.25) is 5.02 Å². The standard InChI is InChI=1S/C24H21ClN4O3S2/c1-15-8-13-20(16(2)14-15)21(17-6-4-3-5-7-17)29-34(31,32)24-28-27-23(33-24)26-22(30)18-9-11-19(25)12-10-18/h3-14,21,29H,1-2H3,(H,26,27,30)/t21-/m0/s1. The number of hydrogen-bond acceptors (Lipinski definition) is 6. The van der Waals surface area contributed by atoms with Crippen molar-refractivity contribution in [1.29, 1.82) is 0 Å². The fraction of sp³-hybridized carbons (Fsp3) is 0.125. The number of carbonyl (C=O) groups is 1. The molecule has 1 aromatic heterocycles. The van der Waals surface area contributed by atoms with Crippen molar-refractivity contribution in [3.05, 3.63) is 106 Å². The van der Waals surface area contributed by atoms with Crippen LogP contribution >= 0.6 is 22.9 Å². The van der Waals surface area contributed by atoms with Gasteiger partial charge in [-0.05, 0) is 54.8 Å². The average molecular weight is 513 g/mol. The summed E-state index contributed by atoms with van der Waals surface area (Å²) >= 11 is 6.63.